The Morgan fingerprint density at radius 1 is 0.862 bits per heavy atom. The zero-order chi connectivity index (χ0) is 20.4. The third-order valence-electron chi connectivity index (χ3n) is 5.80. The Morgan fingerprint density at radius 3 is 2.24 bits per heavy atom. The molecule has 3 aromatic rings. The molecule has 0 spiro atoms. The molecule has 2 nitrogen and oxygen atoms in total. The van der Waals surface area contributed by atoms with Crippen LogP contribution in [0.25, 0.3) is 0 Å². The van der Waals surface area contributed by atoms with Crippen molar-refractivity contribution in [3.8, 4) is 0 Å². The lowest BCUT2D eigenvalue weighted by Gasteiger charge is -2.31. The zero-order valence-electron chi connectivity index (χ0n) is 16.9. The average Bonchev–Trinajstić information content (AvgIpc) is 3.09. The minimum absolute atomic E-state index is 0.0888. The highest BCUT2D eigenvalue weighted by Crippen LogP contribution is 2.34. The molecule has 29 heavy (non-hydrogen) atoms. The Hall–Kier alpha value is -2.20. The van der Waals surface area contributed by atoms with E-state index in [1.165, 1.54) is 28.3 Å². The van der Waals surface area contributed by atoms with E-state index in [2.05, 4.69) is 72.2 Å². The molecule has 3 aromatic carbocycles. The standard InChI is InChI=1S/C25H26ClFN2/c1-18-10-12-20(13-11-18)25-28(16-21-7-4-3-6-19(21)2)14-15-29(25)17-22-23(26)8-5-9-24(22)27/h3-13,25H,14-17H2,1-2H3. The van der Waals surface area contributed by atoms with Crippen molar-refractivity contribution in [1.82, 2.24) is 9.80 Å². The first kappa shape index (κ1) is 20.1. The molecule has 1 unspecified atom stereocenters. The van der Waals surface area contributed by atoms with Crippen LogP contribution in [-0.4, -0.2) is 22.9 Å². The number of rotatable bonds is 5. The summed E-state index contributed by atoms with van der Waals surface area (Å²) in [5.41, 5.74) is 5.67. The fourth-order valence-electron chi connectivity index (χ4n) is 4.12. The number of benzene rings is 3. The zero-order valence-corrected chi connectivity index (χ0v) is 17.7. The molecule has 1 aliphatic heterocycles. The van der Waals surface area contributed by atoms with Gasteiger partial charge in [0.2, 0.25) is 0 Å². The van der Waals surface area contributed by atoms with Crippen LogP contribution in [0.2, 0.25) is 5.02 Å². The fourth-order valence-corrected chi connectivity index (χ4v) is 4.34. The second-order valence-corrected chi connectivity index (χ2v) is 8.26. The normalized spacial score (nSPS) is 17.7. The Bertz CT molecular complexity index is 966. The average molecular weight is 409 g/mol. The molecule has 0 aliphatic carbocycles. The van der Waals surface area contributed by atoms with Gasteiger partial charge in [0.05, 0.1) is 6.17 Å². The van der Waals surface area contributed by atoms with E-state index in [-0.39, 0.29) is 12.0 Å². The van der Waals surface area contributed by atoms with Crippen LogP contribution in [0, 0.1) is 19.7 Å². The van der Waals surface area contributed by atoms with Gasteiger partial charge in [-0.15, -0.1) is 0 Å². The van der Waals surface area contributed by atoms with Crippen LogP contribution in [0.4, 0.5) is 4.39 Å². The van der Waals surface area contributed by atoms with E-state index in [9.17, 15) is 4.39 Å². The van der Waals surface area contributed by atoms with Crippen molar-refractivity contribution in [1.29, 1.82) is 0 Å². The van der Waals surface area contributed by atoms with Gasteiger partial charge < -0.3 is 0 Å². The monoisotopic (exact) mass is 408 g/mol. The van der Waals surface area contributed by atoms with E-state index in [0.29, 0.717) is 17.1 Å². The maximum atomic E-state index is 14.5. The van der Waals surface area contributed by atoms with Crippen LogP contribution in [0.3, 0.4) is 0 Å². The summed E-state index contributed by atoms with van der Waals surface area (Å²) in [4.78, 5) is 4.80. The molecule has 1 fully saturated rings. The maximum absolute atomic E-state index is 14.5. The molecule has 0 amide bonds. The van der Waals surface area contributed by atoms with Crippen LogP contribution in [0.5, 0.6) is 0 Å². The molecule has 0 saturated carbocycles. The van der Waals surface area contributed by atoms with E-state index in [4.69, 9.17) is 11.6 Å². The van der Waals surface area contributed by atoms with Crippen molar-refractivity contribution >= 4 is 11.6 Å². The van der Waals surface area contributed by atoms with Gasteiger partial charge in [-0.2, -0.15) is 0 Å². The van der Waals surface area contributed by atoms with Gasteiger partial charge in [-0.3, -0.25) is 9.80 Å². The first-order chi connectivity index (χ1) is 14.0. The predicted molar refractivity (Wildman–Crippen MR) is 117 cm³/mol. The van der Waals surface area contributed by atoms with Crippen LogP contribution >= 0.6 is 11.6 Å². The fraction of sp³-hybridized carbons (Fsp3) is 0.280. The molecule has 0 radical (unpaired) electrons. The van der Waals surface area contributed by atoms with Gasteiger partial charge in [0.1, 0.15) is 5.82 Å². The molecular formula is C25H26ClFN2. The quantitative estimate of drug-likeness (QED) is 0.502. The highest BCUT2D eigenvalue weighted by molar-refractivity contribution is 6.31. The van der Waals surface area contributed by atoms with Gasteiger partial charge in [0.25, 0.3) is 0 Å². The lowest BCUT2D eigenvalue weighted by atomic mass is 10.1. The van der Waals surface area contributed by atoms with Crippen molar-refractivity contribution in [3.05, 3.63) is 105 Å². The summed E-state index contributed by atoms with van der Waals surface area (Å²) in [6.45, 7) is 7.42. The maximum Gasteiger partial charge on any atom is 0.129 e. The molecule has 0 aromatic heterocycles. The smallest absolute Gasteiger partial charge is 0.129 e. The third kappa shape index (κ3) is 4.37. The summed E-state index contributed by atoms with van der Waals surface area (Å²) in [6, 6.07) is 22.1. The molecule has 1 heterocycles. The summed E-state index contributed by atoms with van der Waals surface area (Å²) in [6.07, 6.45) is 0.0888. The number of nitrogens with zero attached hydrogens (tertiary/aromatic N) is 2. The molecular weight excluding hydrogens is 383 g/mol. The third-order valence-corrected chi connectivity index (χ3v) is 6.15. The first-order valence-corrected chi connectivity index (χ1v) is 10.4. The number of hydrogen-bond acceptors (Lipinski definition) is 2. The minimum atomic E-state index is -0.238. The molecule has 1 saturated heterocycles. The van der Waals surface area contributed by atoms with Crippen LogP contribution in [0.15, 0.2) is 66.7 Å². The van der Waals surface area contributed by atoms with Crippen LogP contribution in [0.1, 0.15) is 34.0 Å². The SMILES string of the molecule is Cc1ccc(C2N(Cc3ccccc3C)CCN2Cc2c(F)cccc2Cl)cc1. The summed E-state index contributed by atoms with van der Waals surface area (Å²) >= 11 is 6.33. The topological polar surface area (TPSA) is 6.48 Å². The van der Waals surface area contributed by atoms with Crippen molar-refractivity contribution in [2.45, 2.75) is 33.1 Å². The summed E-state index contributed by atoms with van der Waals surface area (Å²) in [7, 11) is 0. The predicted octanol–water partition coefficient (Wildman–Crippen LogP) is 6.11. The molecule has 1 aliphatic rings. The van der Waals surface area contributed by atoms with Gasteiger partial charge in [-0.1, -0.05) is 71.8 Å². The van der Waals surface area contributed by atoms with E-state index in [0.717, 1.165) is 19.6 Å². The summed E-state index contributed by atoms with van der Waals surface area (Å²) < 4.78 is 14.5. The van der Waals surface area contributed by atoms with Gasteiger partial charge in [0, 0.05) is 36.8 Å². The molecule has 4 heteroatoms. The van der Waals surface area contributed by atoms with E-state index >= 15 is 0 Å². The molecule has 150 valence electrons. The molecule has 0 bridgehead atoms. The lowest BCUT2D eigenvalue weighted by molar-refractivity contribution is 0.124. The second-order valence-electron chi connectivity index (χ2n) is 7.85. The number of aryl methyl sites for hydroxylation is 2. The number of halogens is 2. The Labute approximate surface area is 177 Å². The van der Waals surface area contributed by atoms with Crippen molar-refractivity contribution in [2.24, 2.45) is 0 Å². The molecule has 4 rings (SSSR count). The van der Waals surface area contributed by atoms with E-state index in [1.54, 1.807) is 12.1 Å². The van der Waals surface area contributed by atoms with Crippen molar-refractivity contribution in [3.63, 3.8) is 0 Å². The summed E-state index contributed by atoms with van der Waals surface area (Å²) in [5, 5.41) is 0.491. The van der Waals surface area contributed by atoms with Crippen molar-refractivity contribution < 1.29 is 4.39 Å². The Balaban J connectivity index is 1.66. The number of hydrogen-bond donors (Lipinski definition) is 0. The highest BCUT2D eigenvalue weighted by atomic mass is 35.5. The van der Waals surface area contributed by atoms with Crippen LogP contribution < -0.4 is 0 Å². The van der Waals surface area contributed by atoms with Gasteiger partial charge >= 0.3 is 0 Å². The second kappa shape index (κ2) is 8.66. The summed E-state index contributed by atoms with van der Waals surface area (Å²) in [5.74, 6) is -0.238. The van der Waals surface area contributed by atoms with E-state index in [1.807, 2.05) is 0 Å². The van der Waals surface area contributed by atoms with Gasteiger partial charge in [-0.25, -0.2) is 4.39 Å². The molecule has 1 atom stereocenters. The van der Waals surface area contributed by atoms with Crippen molar-refractivity contribution in [2.75, 3.05) is 13.1 Å². The largest absolute Gasteiger partial charge is 0.278 e. The Morgan fingerprint density at radius 2 is 1.55 bits per heavy atom. The van der Waals surface area contributed by atoms with Gasteiger partial charge in [0.15, 0.2) is 0 Å². The highest BCUT2D eigenvalue weighted by Gasteiger charge is 2.34. The van der Waals surface area contributed by atoms with Gasteiger partial charge in [-0.05, 0) is 42.7 Å². The first-order valence-electron chi connectivity index (χ1n) is 10.0. The lowest BCUT2D eigenvalue weighted by Crippen LogP contribution is -2.31. The molecule has 0 N–H and O–H groups in total. The Kier molecular flexibility index (Phi) is 6.00. The van der Waals surface area contributed by atoms with E-state index < -0.39 is 0 Å². The van der Waals surface area contributed by atoms with Crippen LogP contribution in [-0.2, 0) is 13.1 Å². The minimum Gasteiger partial charge on any atom is -0.278 e.